The Morgan fingerprint density at radius 2 is 1.71 bits per heavy atom. The second-order valence-corrected chi connectivity index (χ2v) is 8.65. The van der Waals surface area contributed by atoms with E-state index in [1.807, 2.05) is 56.3 Å². The molecule has 3 rings (SSSR count). The van der Waals surface area contributed by atoms with E-state index in [0.29, 0.717) is 12.0 Å². The van der Waals surface area contributed by atoms with Crippen LogP contribution in [0.2, 0.25) is 0 Å². The molecule has 0 bridgehead atoms. The summed E-state index contributed by atoms with van der Waals surface area (Å²) in [5.41, 5.74) is 4.35. The van der Waals surface area contributed by atoms with Gasteiger partial charge in [0.2, 0.25) is 0 Å². The van der Waals surface area contributed by atoms with Gasteiger partial charge in [-0.25, -0.2) is 4.79 Å². The first-order chi connectivity index (χ1) is 14.7. The van der Waals surface area contributed by atoms with Crippen LogP contribution in [0.15, 0.2) is 77.9 Å². The zero-order valence-electron chi connectivity index (χ0n) is 19.0. The van der Waals surface area contributed by atoms with E-state index in [9.17, 15) is 4.79 Å². The summed E-state index contributed by atoms with van der Waals surface area (Å²) in [5.74, 6) is 7.33. The molecule has 0 N–H and O–H groups in total. The number of ether oxygens (including phenoxy) is 2. The van der Waals surface area contributed by atoms with E-state index in [2.05, 4.69) is 32.3 Å². The van der Waals surface area contributed by atoms with Crippen molar-refractivity contribution in [3.05, 3.63) is 89.0 Å². The first-order valence-corrected chi connectivity index (χ1v) is 10.5. The smallest absolute Gasteiger partial charge is 0.338 e. The second kappa shape index (κ2) is 9.27. The van der Waals surface area contributed by atoms with Crippen LogP contribution in [0.25, 0.3) is 0 Å². The Hall–Kier alpha value is -3.25. The Morgan fingerprint density at radius 3 is 2.29 bits per heavy atom. The van der Waals surface area contributed by atoms with Gasteiger partial charge in [-0.2, -0.15) is 0 Å². The molecule has 2 aromatic rings. The predicted octanol–water partition coefficient (Wildman–Crippen LogP) is 6.21. The summed E-state index contributed by atoms with van der Waals surface area (Å²) in [6.07, 6.45) is 0.378. The maximum Gasteiger partial charge on any atom is 0.338 e. The van der Waals surface area contributed by atoms with E-state index in [0.717, 1.165) is 28.0 Å². The van der Waals surface area contributed by atoms with Crippen molar-refractivity contribution in [3.63, 3.8) is 0 Å². The number of carbonyl (C=O) groups excluding carboxylic acids is 1. The predicted molar refractivity (Wildman–Crippen MR) is 125 cm³/mol. The second-order valence-electron chi connectivity index (χ2n) is 8.65. The third-order valence-corrected chi connectivity index (χ3v) is 6.12. The van der Waals surface area contributed by atoms with Gasteiger partial charge in [0.05, 0.1) is 12.7 Å². The molecule has 0 aliphatic heterocycles. The van der Waals surface area contributed by atoms with Gasteiger partial charge in [0.1, 0.15) is 11.9 Å². The highest BCUT2D eigenvalue weighted by Crippen LogP contribution is 2.48. The molecule has 0 aromatic heterocycles. The Morgan fingerprint density at radius 1 is 1.06 bits per heavy atom. The van der Waals surface area contributed by atoms with Crippen LogP contribution in [0.5, 0.6) is 5.75 Å². The molecule has 31 heavy (non-hydrogen) atoms. The minimum atomic E-state index is -0.331. The van der Waals surface area contributed by atoms with Crippen molar-refractivity contribution in [3.8, 4) is 17.6 Å². The summed E-state index contributed by atoms with van der Waals surface area (Å²) in [4.78, 5) is 12.7. The number of esters is 1. The molecular formula is C28H30O3. The quantitative estimate of drug-likeness (QED) is 0.339. The van der Waals surface area contributed by atoms with E-state index < -0.39 is 0 Å². The molecule has 2 atom stereocenters. The van der Waals surface area contributed by atoms with E-state index in [1.165, 1.54) is 0 Å². The largest absolute Gasteiger partial charge is 0.497 e. The lowest BCUT2D eigenvalue weighted by Crippen LogP contribution is -2.38. The van der Waals surface area contributed by atoms with Crippen LogP contribution < -0.4 is 4.74 Å². The first-order valence-electron chi connectivity index (χ1n) is 10.5. The van der Waals surface area contributed by atoms with E-state index in [4.69, 9.17) is 9.47 Å². The Balaban J connectivity index is 1.97. The molecule has 3 heteroatoms. The SMILES string of the molecule is C=C(C)[C@@H]1C[C@H](OC(=O)c2ccccc2)C(C)=C(C#Cc2ccc(OC)cc2)C1(C)C. The van der Waals surface area contributed by atoms with Crippen molar-refractivity contribution in [1.82, 2.24) is 0 Å². The fraction of sp³-hybridized carbons (Fsp3) is 0.321. The highest BCUT2D eigenvalue weighted by molar-refractivity contribution is 5.89. The number of hydrogen-bond acceptors (Lipinski definition) is 3. The van der Waals surface area contributed by atoms with Crippen LogP contribution >= 0.6 is 0 Å². The molecular weight excluding hydrogens is 384 g/mol. The van der Waals surface area contributed by atoms with Gasteiger partial charge in [-0.05, 0) is 68.2 Å². The Kier molecular flexibility index (Phi) is 6.71. The monoisotopic (exact) mass is 414 g/mol. The van der Waals surface area contributed by atoms with E-state index in [-0.39, 0.29) is 23.4 Å². The van der Waals surface area contributed by atoms with Crippen molar-refractivity contribution in [2.75, 3.05) is 7.11 Å². The van der Waals surface area contributed by atoms with Crippen molar-refractivity contribution in [2.24, 2.45) is 11.3 Å². The third-order valence-electron chi connectivity index (χ3n) is 6.12. The maximum atomic E-state index is 12.7. The molecule has 0 saturated carbocycles. The molecule has 0 radical (unpaired) electrons. The summed E-state index contributed by atoms with van der Waals surface area (Å²) < 4.78 is 11.2. The van der Waals surface area contributed by atoms with Gasteiger partial charge in [0, 0.05) is 16.6 Å². The molecule has 0 saturated heterocycles. The maximum absolute atomic E-state index is 12.7. The fourth-order valence-electron chi connectivity index (χ4n) is 4.32. The highest BCUT2D eigenvalue weighted by Gasteiger charge is 2.42. The molecule has 160 valence electrons. The normalized spacial score (nSPS) is 19.8. The number of rotatable bonds is 4. The minimum absolute atomic E-state index is 0.157. The van der Waals surface area contributed by atoms with E-state index in [1.54, 1.807) is 19.2 Å². The van der Waals surface area contributed by atoms with E-state index >= 15 is 0 Å². The van der Waals surface area contributed by atoms with Gasteiger partial charge >= 0.3 is 5.97 Å². The van der Waals surface area contributed by atoms with Crippen LogP contribution in [0.1, 0.15) is 50.0 Å². The van der Waals surface area contributed by atoms with Crippen LogP contribution in [-0.4, -0.2) is 19.2 Å². The molecule has 3 nitrogen and oxygen atoms in total. The standard InChI is InChI=1S/C28H30O3/c1-19(2)25-18-26(31-27(29)22-10-8-7-9-11-22)20(3)24(28(25,4)5)17-14-21-12-15-23(30-6)16-13-21/h7-13,15-16,25-26H,1,18H2,2-6H3/t25-,26-/m0/s1. The summed E-state index contributed by atoms with van der Waals surface area (Å²) in [5, 5.41) is 0. The zero-order valence-corrected chi connectivity index (χ0v) is 19.0. The van der Waals surface area contributed by atoms with Gasteiger partial charge < -0.3 is 9.47 Å². The third kappa shape index (κ3) is 4.91. The first kappa shape index (κ1) is 22.4. The van der Waals surface area contributed by atoms with Crippen molar-refractivity contribution in [1.29, 1.82) is 0 Å². The Labute approximate surface area is 185 Å². The van der Waals surface area contributed by atoms with Gasteiger partial charge in [0.15, 0.2) is 0 Å². The average Bonchev–Trinajstić information content (AvgIpc) is 2.76. The topological polar surface area (TPSA) is 35.5 Å². The number of benzene rings is 2. The summed E-state index contributed by atoms with van der Waals surface area (Å²) in [6, 6.07) is 16.8. The molecule has 1 aliphatic rings. The summed E-state index contributed by atoms with van der Waals surface area (Å²) >= 11 is 0. The molecule has 0 unspecified atom stereocenters. The molecule has 0 amide bonds. The average molecular weight is 415 g/mol. The molecule has 0 heterocycles. The van der Waals surface area contributed by atoms with Crippen LogP contribution in [0, 0.1) is 23.2 Å². The molecule has 0 fully saturated rings. The van der Waals surface area contributed by atoms with Crippen LogP contribution in [-0.2, 0) is 4.74 Å². The molecule has 2 aromatic carbocycles. The number of methoxy groups -OCH3 is 1. The van der Waals surface area contributed by atoms with Gasteiger partial charge in [-0.15, -0.1) is 0 Å². The van der Waals surface area contributed by atoms with Crippen LogP contribution in [0.3, 0.4) is 0 Å². The van der Waals surface area contributed by atoms with Gasteiger partial charge in [-0.1, -0.05) is 56.0 Å². The van der Waals surface area contributed by atoms with Crippen molar-refractivity contribution >= 4 is 5.97 Å². The summed E-state index contributed by atoms with van der Waals surface area (Å²) in [6.45, 7) is 12.7. The zero-order chi connectivity index (χ0) is 22.6. The minimum Gasteiger partial charge on any atom is -0.497 e. The lowest BCUT2D eigenvalue weighted by molar-refractivity contribution is 0.0263. The van der Waals surface area contributed by atoms with Gasteiger partial charge in [0.25, 0.3) is 0 Å². The molecule has 1 aliphatic carbocycles. The highest BCUT2D eigenvalue weighted by atomic mass is 16.5. The number of allylic oxidation sites excluding steroid dienone is 2. The van der Waals surface area contributed by atoms with Crippen molar-refractivity contribution < 1.29 is 14.3 Å². The lowest BCUT2D eigenvalue weighted by atomic mass is 9.62. The number of carbonyl (C=O) groups is 1. The Bertz CT molecular complexity index is 1050. The fourth-order valence-corrected chi connectivity index (χ4v) is 4.32. The summed E-state index contributed by atoms with van der Waals surface area (Å²) in [7, 11) is 1.65. The number of hydrogen-bond donors (Lipinski definition) is 0. The van der Waals surface area contributed by atoms with Gasteiger partial charge in [-0.3, -0.25) is 0 Å². The lowest BCUT2D eigenvalue weighted by Gasteiger charge is -2.43. The van der Waals surface area contributed by atoms with Crippen molar-refractivity contribution in [2.45, 2.75) is 40.2 Å². The molecule has 0 spiro atoms. The van der Waals surface area contributed by atoms with Crippen LogP contribution in [0.4, 0.5) is 0 Å².